The second-order valence-corrected chi connectivity index (χ2v) is 3.56. The van der Waals surface area contributed by atoms with Gasteiger partial charge in [-0.2, -0.15) is 0 Å². The molecule has 0 radical (unpaired) electrons. The van der Waals surface area contributed by atoms with Crippen LogP contribution in [0.1, 0.15) is 18.4 Å². The van der Waals surface area contributed by atoms with Gasteiger partial charge in [-0.3, -0.25) is 4.79 Å². The van der Waals surface area contributed by atoms with Gasteiger partial charge >= 0.3 is 5.97 Å². The summed E-state index contributed by atoms with van der Waals surface area (Å²) in [6.45, 7) is 0.614. The largest absolute Gasteiger partial charge is 0.469 e. The van der Waals surface area contributed by atoms with Gasteiger partial charge in [-0.15, -0.1) is 0 Å². The van der Waals surface area contributed by atoms with E-state index in [0.717, 1.165) is 0 Å². The van der Waals surface area contributed by atoms with E-state index in [1.165, 1.54) is 25.3 Å². The molecule has 0 amide bonds. The summed E-state index contributed by atoms with van der Waals surface area (Å²) < 4.78 is 30.8. The minimum atomic E-state index is -0.564. The molecule has 0 aliphatic heterocycles. The molecule has 0 aliphatic carbocycles. The Kier molecular flexibility index (Phi) is 5.56. The van der Waals surface area contributed by atoms with Gasteiger partial charge in [-0.05, 0) is 25.1 Å². The molecular formula is C12H15F2NO2. The van der Waals surface area contributed by atoms with Gasteiger partial charge < -0.3 is 10.1 Å². The Morgan fingerprint density at radius 1 is 1.35 bits per heavy atom. The van der Waals surface area contributed by atoms with Crippen LogP contribution in [-0.2, 0) is 16.1 Å². The lowest BCUT2D eigenvalue weighted by Crippen LogP contribution is -2.17. The highest BCUT2D eigenvalue weighted by molar-refractivity contribution is 5.69. The van der Waals surface area contributed by atoms with Crippen molar-refractivity contribution in [2.75, 3.05) is 13.7 Å². The number of methoxy groups -OCH3 is 1. The predicted octanol–water partition coefficient (Wildman–Crippen LogP) is 2.01. The number of rotatable bonds is 6. The minimum absolute atomic E-state index is 0.0190. The second-order valence-electron chi connectivity index (χ2n) is 3.56. The molecule has 0 bridgehead atoms. The lowest BCUT2D eigenvalue weighted by atomic mass is 10.2. The molecule has 1 aromatic carbocycles. The molecule has 0 spiro atoms. The Balaban J connectivity index is 2.29. The summed E-state index contributed by atoms with van der Waals surface area (Å²) in [6.07, 6.45) is 0.867. The van der Waals surface area contributed by atoms with Gasteiger partial charge in [0.15, 0.2) is 0 Å². The molecule has 1 rings (SSSR count). The average Bonchev–Trinajstić information content (AvgIpc) is 2.31. The fraction of sp³-hybridized carbons (Fsp3) is 0.417. The molecule has 17 heavy (non-hydrogen) atoms. The van der Waals surface area contributed by atoms with Crippen molar-refractivity contribution < 1.29 is 18.3 Å². The van der Waals surface area contributed by atoms with Crippen molar-refractivity contribution in [3.63, 3.8) is 0 Å². The fourth-order valence-corrected chi connectivity index (χ4v) is 1.37. The van der Waals surface area contributed by atoms with Crippen molar-refractivity contribution >= 4 is 5.97 Å². The summed E-state index contributed by atoms with van der Waals surface area (Å²) in [5, 5.41) is 2.88. The third-order valence-corrected chi connectivity index (χ3v) is 2.33. The number of benzene rings is 1. The van der Waals surface area contributed by atoms with Crippen molar-refractivity contribution in [1.29, 1.82) is 0 Å². The molecule has 0 saturated carbocycles. The van der Waals surface area contributed by atoms with E-state index in [1.807, 2.05) is 0 Å². The van der Waals surface area contributed by atoms with Gasteiger partial charge in [-0.25, -0.2) is 8.78 Å². The second kappa shape index (κ2) is 6.96. The molecule has 1 aromatic rings. The molecule has 0 heterocycles. The first-order valence-electron chi connectivity index (χ1n) is 5.35. The number of halogens is 2. The lowest BCUT2D eigenvalue weighted by Gasteiger charge is -2.06. The maximum atomic E-state index is 13.2. The highest BCUT2D eigenvalue weighted by atomic mass is 19.1. The number of ether oxygens (including phenoxy) is 1. The van der Waals surface area contributed by atoms with Crippen molar-refractivity contribution in [3.05, 3.63) is 35.4 Å². The zero-order chi connectivity index (χ0) is 12.7. The molecule has 0 saturated heterocycles. The molecule has 0 aliphatic rings. The van der Waals surface area contributed by atoms with E-state index in [9.17, 15) is 13.6 Å². The van der Waals surface area contributed by atoms with Gasteiger partial charge in [0, 0.05) is 18.5 Å². The third kappa shape index (κ3) is 4.48. The number of carbonyl (C=O) groups excluding carboxylic acids is 1. The Morgan fingerprint density at radius 3 is 2.59 bits per heavy atom. The number of hydrogen-bond acceptors (Lipinski definition) is 3. The van der Waals surface area contributed by atoms with Crippen LogP contribution in [-0.4, -0.2) is 19.6 Å². The zero-order valence-corrected chi connectivity index (χ0v) is 9.63. The van der Waals surface area contributed by atoms with Gasteiger partial charge in [-0.1, -0.05) is 6.07 Å². The standard InChI is InChI=1S/C12H15F2NO2/c1-17-12(16)6-3-7-15-8-9-10(13)4-2-5-11(9)14/h2,4-5,15H,3,6-8H2,1H3. The van der Waals surface area contributed by atoms with Crippen LogP contribution in [0.2, 0.25) is 0 Å². The highest BCUT2D eigenvalue weighted by Gasteiger charge is 2.07. The molecule has 94 valence electrons. The molecule has 0 fully saturated rings. The first kappa shape index (κ1) is 13.6. The van der Waals surface area contributed by atoms with Crippen molar-refractivity contribution in [2.45, 2.75) is 19.4 Å². The van der Waals surface area contributed by atoms with Crippen LogP contribution in [0.25, 0.3) is 0 Å². The van der Waals surface area contributed by atoms with E-state index in [4.69, 9.17) is 0 Å². The summed E-state index contributed by atoms with van der Waals surface area (Å²) in [5.74, 6) is -1.42. The molecule has 5 heteroatoms. The van der Waals surface area contributed by atoms with E-state index in [1.54, 1.807) is 0 Å². The molecule has 0 atom stereocenters. The van der Waals surface area contributed by atoms with Gasteiger partial charge in [0.2, 0.25) is 0 Å². The molecule has 3 nitrogen and oxygen atoms in total. The van der Waals surface area contributed by atoms with Gasteiger partial charge in [0.25, 0.3) is 0 Å². The molecule has 1 N–H and O–H groups in total. The topological polar surface area (TPSA) is 38.3 Å². The van der Waals surface area contributed by atoms with Gasteiger partial charge in [0.05, 0.1) is 7.11 Å². The van der Waals surface area contributed by atoms with E-state index in [2.05, 4.69) is 10.1 Å². The SMILES string of the molecule is COC(=O)CCCNCc1c(F)cccc1F. The maximum Gasteiger partial charge on any atom is 0.305 e. The normalized spacial score (nSPS) is 10.3. The van der Waals surface area contributed by atoms with E-state index in [-0.39, 0.29) is 18.1 Å². The van der Waals surface area contributed by atoms with Crippen molar-refractivity contribution in [3.8, 4) is 0 Å². The van der Waals surface area contributed by atoms with Crippen LogP contribution in [0.3, 0.4) is 0 Å². The average molecular weight is 243 g/mol. The summed E-state index contributed by atoms with van der Waals surface area (Å²) >= 11 is 0. The Morgan fingerprint density at radius 2 is 2.00 bits per heavy atom. The van der Waals surface area contributed by atoms with Crippen LogP contribution in [0.5, 0.6) is 0 Å². The number of carbonyl (C=O) groups is 1. The smallest absolute Gasteiger partial charge is 0.305 e. The van der Waals surface area contributed by atoms with Gasteiger partial charge in [0.1, 0.15) is 11.6 Å². The summed E-state index contributed by atoms with van der Waals surface area (Å²) in [6, 6.07) is 3.76. The maximum absolute atomic E-state index is 13.2. The van der Waals surface area contributed by atoms with E-state index < -0.39 is 11.6 Å². The number of nitrogens with one attached hydrogen (secondary N) is 1. The van der Waals surface area contributed by atoms with Crippen LogP contribution in [0.4, 0.5) is 8.78 Å². The summed E-state index contributed by atoms with van der Waals surface area (Å²) in [7, 11) is 1.32. The number of hydrogen-bond donors (Lipinski definition) is 1. The summed E-state index contributed by atoms with van der Waals surface area (Å²) in [5.41, 5.74) is 0.0190. The quantitative estimate of drug-likeness (QED) is 0.613. The van der Waals surface area contributed by atoms with Crippen LogP contribution in [0, 0.1) is 11.6 Å². The van der Waals surface area contributed by atoms with Crippen molar-refractivity contribution in [2.24, 2.45) is 0 Å². The Hall–Kier alpha value is -1.49. The Bertz CT molecular complexity index is 363. The van der Waals surface area contributed by atoms with Crippen LogP contribution >= 0.6 is 0 Å². The monoisotopic (exact) mass is 243 g/mol. The molecule has 0 unspecified atom stereocenters. The summed E-state index contributed by atoms with van der Waals surface area (Å²) in [4.78, 5) is 10.8. The molecular weight excluding hydrogens is 228 g/mol. The fourth-order valence-electron chi connectivity index (χ4n) is 1.37. The highest BCUT2D eigenvalue weighted by Crippen LogP contribution is 2.11. The predicted molar refractivity (Wildman–Crippen MR) is 59.3 cm³/mol. The first-order valence-corrected chi connectivity index (χ1v) is 5.35. The third-order valence-electron chi connectivity index (χ3n) is 2.33. The van der Waals surface area contributed by atoms with E-state index in [0.29, 0.717) is 19.4 Å². The molecule has 0 aromatic heterocycles. The minimum Gasteiger partial charge on any atom is -0.469 e. The van der Waals surface area contributed by atoms with Crippen molar-refractivity contribution in [1.82, 2.24) is 5.32 Å². The van der Waals surface area contributed by atoms with Crippen LogP contribution < -0.4 is 5.32 Å². The lowest BCUT2D eigenvalue weighted by molar-refractivity contribution is -0.140. The van der Waals surface area contributed by atoms with E-state index >= 15 is 0 Å². The number of esters is 1. The van der Waals surface area contributed by atoms with Crippen LogP contribution in [0.15, 0.2) is 18.2 Å². The Labute approximate surface area is 98.8 Å². The zero-order valence-electron chi connectivity index (χ0n) is 9.63. The first-order chi connectivity index (χ1) is 8.15.